The lowest BCUT2D eigenvalue weighted by Crippen LogP contribution is -2.19. The van der Waals surface area contributed by atoms with Gasteiger partial charge in [0.1, 0.15) is 11.9 Å². The SMILES string of the molecule is CC1OC1c1ccc(OC2CCCCC2)cc1. The van der Waals surface area contributed by atoms with Crippen molar-refractivity contribution in [1.29, 1.82) is 0 Å². The van der Waals surface area contributed by atoms with Gasteiger partial charge in [-0.1, -0.05) is 18.6 Å². The molecule has 3 rings (SSSR count). The number of epoxide rings is 1. The van der Waals surface area contributed by atoms with Gasteiger partial charge in [-0.25, -0.2) is 0 Å². The van der Waals surface area contributed by atoms with E-state index in [1.165, 1.54) is 37.7 Å². The molecule has 2 unspecified atom stereocenters. The Bertz CT molecular complexity index is 365. The molecule has 1 saturated carbocycles. The van der Waals surface area contributed by atoms with Crippen molar-refractivity contribution in [3.63, 3.8) is 0 Å². The highest BCUT2D eigenvalue weighted by Gasteiger charge is 2.35. The lowest BCUT2D eigenvalue weighted by molar-refractivity contribution is 0.155. The molecule has 1 aliphatic heterocycles. The van der Waals surface area contributed by atoms with Crippen LogP contribution in [0.2, 0.25) is 0 Å². The molecule has 1 saturated heterocycles. The van der Waals surface area contributed by atoms with Gasteiger partial charge in [0, 0.05) is 0 Å². The minimum absolute atomic E-state index is 0.318. The molecule has 0 N–H and O–H groups in total. The number of ether oxygens (including phenoxy) is 2. The van der Waals surface area contributed by atoms with Crippen LogP contribution in [0.5, 0.6) is 5.75 Å². The van der Waals surface area contributed by atoms with Crippen LogP contribution in [0.25, 0.3) is 0 Å². The van der Waals surface area contributed by atoms with Gasteiger partial charge in [-0.3, -0.25) is 0 Å². The maximum atomic E-state index is 6.00. The van der Waals surface area contributed by atoms with Crippen LogP contribution in [0.4, 0.5) is 0 Å². The monoisotopic (exact) mass is 232 g/mol. The van der Waals surface area contributed by atoms with Crippen molar-refractivity contribution >= 4 is 0 Å². The van der Waals surface area contributed by atoms with Crippen molar-refractivity contribution in [3.8, 4) is 5.75 Å². The lowest BCUT2D eigenvalue weighted by atomic mass is 9.98. The van der Waals surface area contributed by atoms with Gasteiger partial charge in [-0.2, -0.15) is 0 Å². The second-order valence-electron chi connectivity index (χ2n) is 5.21. The fraction of sp³-hybridized carbons (Fsp3) is 0.600. The molecule has 1 heterocycles. The van der Waals surface area contributed by atoms with E-state index in [-0.39, 0.29) is 0 Å². The van der Waals surface area contributed by atoms with Crippen LogP contribution in [-0.4, -0.2) is 12.2 Å². The largest absolute Gasteiger partial charge is 0.490 e. The van der Waals surface area contributed by atoms with E-state index in [2.05, 4.69) is 31.2 Å². The first-order valence-corrected chi connectivity index (χ1v) is 6.75. The van der Waals surface area contributed by atoms with Crippen molar-refractivity contribution in [2.45, 2.75) is 57.3 Å². The van der Waals surface area contributed by atoms with Crippen LogP contribution in [0.15, 0.2) is 24.3 Å². The first kappa shape index (κ1) is 11.1. The van der Waals surface area contributed by atoms with E-state index in [4.69, 9.17) is 9.47 Å². The molecule has 92 valence electrons. The molecule has 0 radical (unpaired) electrons. The molecule has 1 aromatic carbocycles. The number of rotatable bonds is 3. The minimum atomic E-state index is 0.318. The van der Waals surface area contributed by atoms with Crippen LogP contribution in [0, 0.1) is 0 Å². The Hall–Kier alpha value is -1.02. The first-order chi connectivity index (χ1) is 8.33. The summed E-state index contributed by atoms with van der Waals surface area (Å²) < 4.78 is 11.4. The molecule has 1 aromatic rings. The topological polar surface area (TPSA) is 21.8 Å². The Morgan fingerprint density at radius 1 is 1.06 bits per heavy atom. The van der Waals surface area contributed by atoms with E-state index in [1.807, 2.05) is 0 Å². The van der Waals surface area contributed by atoms with Gasteiger partial charge in [0.2, 0.25) is 0 Å². The van der Waals surface area contributed by atoms with E-state index in [9.17, 15) is 0 Å². The molecule has 0 spiro atoms. The highest BCUT2D eigenvalue weighted by atomic mass is 16.6. The van der Waals surface area contributed by atoms with Gasteiger partial charge in [0.15, 0.2) is 0 Å². The summed E-state index contributed by atoms with van der Waals surface area (Å²) in [5, 5.41) is 0. The van der Waals surface area contributed by atoms with Crippen molar-refractivity contribution in [1.82, 2.24) is 0 Å². The van der Waals surface area contributed by atoms with Gasteiger partial charge >= 0.3 is 0 Å². The zero-order valence-corrected chi connectivity index (χ0v) is 10.4. The molecular weight excluding hydrogens is 212 g/mol. The summed E-state index contributed by atoms with van der Waals surface area (Å²) in [7, 11) is 0. The van der Waals surface area contributed by atoms with E-state index >= 15 is 0 Å². The molecule has 1 aliphatic carbocycles. The summed E-state index contributed by atoms with van der Waals surface area (Å²) in [6, 6.07) is 8.43. The first-order valence-electron chi connectivity index (χ1n) is 6.75. The second kappa shape index (κ2) is 4.69. The van der Waals surface area contributed by atoms with E-state index in [0.29, 0.717) is 18.3 Å². The zero-order valence-electron chi connectivity index (χ0n) is 10.4. The Morgan fingerprint density at radius 2 is 1.71 bits per heavy atom. The summed E-state index contributed by atoms with van der Waals surface area (Å²) in [6.07, 6.45) is 7.57. The maximum Gasteiger partial charge on any atom is 0.119 e. The summed E-state index contributed by atoms with van der Waals surface area (Å²) in [5.41, 5.74) is 1.27. The fourth-order valence-electron chi connectivity index (χ4n) is 2.65. The third-order valence-electron chi connectivity index (χ3n) is 3.77. The van der Waals surface area contributed by atoms with Crippen molar-refractivity contribution in [2.75, 3.05) is 0 Å². The van der Waals surface area contributed by atoms with Crippen LogP contribution in [0.1, 0.15) is 50.7 Å². The molecule has 0 bridgehead atoms. The summed E-state index contributed by atoms with van der Waals surface area (Å²) >= 11 is 0. The van der Waals surface area contributed by atoms with Crippen LogP contribution in [0.3, 0.4) is 0 Å². The van der Waals surface area contributed by atoms with Gasteiger partial charge < -0.3 is 9.47 Å². The number of benzene rings is 1. The van der Waals surface area contributed by atoms with Crippen LogP contribution in [-0.2, 0) is 4.74 Å². The predicted octanol–water partition coefficient (Wildman–Crippen LogP) is 3.86. The Morgan fingerprint density at radius 3 is 2.29 bits per heavy atom. The summed E-state index contributed by atoms with van der Waals surface area (Å²) in [4.78, 5) is 0. The molecule has 17 heavy (non-hydrogen) atoms. The summed E-state index contributed by atoms with van der Waals surface area (Å²) in [5.74, 6) is 1.01. The van der Waals surface area contributed by atoms with E-state index in [0.717, 1.165) is 5.75 Å². The normalized spacial score (nSPS) is 29.0. The molecule has 0 amide bonds. The van der Waals surface area contributed by atoms with Crippen LogP contribution >= 0.6 is 0 Å². The smallest absolute Gasteiger partial charge is 0.119 e. The fourth-order valence-corrected chi connectivity index (χ4v) is 2.65. The lowest BCUT2D eigenvalue weighted by Gasteiger charge is -2.23. The average molecular weight is 232 g/mol. The predicted molar refractivity (Wildman–Crippen MR) is 67.2 cm³/mol. The van der Waals surface area contributed by atoms with Crippen LogP contribution < -0.4 is 4.74 Å². The van der Waals surface area contributed by atoms with Gasteiger partial charge in [0.25, 0.3) is 0 Å². The maximum absolute atomic E-state index is 6.00. The number of hydrogen-bond donors (Lipinski definition) is 0. The Balaban J connectivity index is 1.59. The Labute approximate surface area is 103 Å². The average Bonchev–Trinajstić information content (AvgIpc) is 3.09. The quantitative estimate of drug-likeness (QED) is 0.738. The van der Waals surface area contributed by atoms with E-state index in [1.54, 1.807) is 0 Å². The molecule has 2 heteroatoms. The molecule has 2 atom stereocenters. The molecule has 2 nitrogen and oxygen atoms in total. The van der Waals surface area contributed by atoms with Gasteiger partial charge in [-0.05, 0) is 50.3 Å². The molecule has 2 aliphatic rings. The number of hydrogen-bond acceptors (Lipinski definition) is 2. The summed E-state index contributed by atoms with van der Waals surface area (Å²) in [6.45, 7) is 2.11. The minimum Gasteiger partial charge on any atom is -0.490 e. The van der Waals surface area contributed by atoms with Crippen molar-refractivity contribution in [2.24, 2.45) is 0 Å². The molecule has 2 fully saturated rings. The van der Waals surface area contributed by atoms with Gasteiger partial charge in [0.05, 0.1) is 12.2 Å². The zero-order chi connectivity index (χ0) is 11.7. The highest BCUT2D eigenvalue weighted by molar-refractivity contribution is 5.30. The van der Waals surface area contributed by atoms with Crippen molar-refractivity contribution < 1.29 is 9.47 Å². The Kier molecular flexibility index (Phi) is 3.06. The van der Waals surface area contributed by atoms with Crippen molar-refractivity contribution in [3.05, 3.63) is 29.8 Å². The molecular formula is C15H20O2. The second-order valence-corrected chi connectivity index (χ2v) is 5.21. The third-order valence-corrected chi connectivity index (χ3v) is 3.77. The standard InChI is InChI=1S/C15H20O2/c1-11-15(16-11)12-7-9-14(10-8-12)17-13-5-3-2-4-6-13/h7-11,13,15H,2-6H2,1H3. The highest BCUT2D eigenvalue weighted by Crippen LogP contribution is 2.38. The third kappa shape index (κ3) is 2.63. The molecule has 0 aromatic heterocycles. The van der Waals surface area contributed by atoms with E-state index < -0.39 is 0 Å². The van der Waals surface area contributed by atoms with Gasteiger partial charge in [-0.15, -0.1) is 0 Å².